The van der Waals surface area contributed by atoms with Gasteiger partial charge in [-0.3, -0.25) is 19.2 Å². The van der Waals surface area contributed by atoms with Gasteiger partial charge in [0.2, 0.25) is 23.6 Å². The van der Waals surface area contributed by atoms with Crippen LogP contribution in [-0.4, -0.2) is 129 Å². The van der Waals surface area contributed by atoms with Crippen LogP contribution >= 0.6 is 0 Å². The molecule has 2 aromatic carbocycles. The van der Waals surface area contributed by atoms with Crippen molar-refractivity contribution < 1.29 is 48.3 Å². The first-order valence-electron chi connectivity index (χ1n) is 19.2. The minimum Gasteiger partial charge on any atom is -0.504 e. The molecule has 16 heteroatoms. The molecule has 2 aliphatic heterocycles. The molecule has 55 heavy (non-hydrogen) atoms. The Morgan fingerprint density at radius 2 is 1.55 bits per heavy atom. The summed E-state index contributed by atoms with van der Waals surface area (Å²) in [5.41, 5.74) is 6.47. The van der Waals surface area contributed by atoms with E-state index in [4.69, 9.17) is 24.7 Å². The number of nitrogens with two attached hydrogens (primary N) is 1. The normalized spacial score (nSPS) is 24.6. The van der Waals surface area contributed by atoms with E-state index < -0.39 is 23.2 Å². The van der Waals surface area contributed by atoms with Crippen molar-refractivity contribution in [2.24, 2.45) is 0 Å². The van der Waals surface area contributed by atoms with Crippen molar-refractivity contribution in [1.82, 2.24) is 26.2 Å². The molecule has 5 atom stereocenters. The van der Waals surface area contributed by atoms with E-state index in [1.54, 1.807) is 30.3 Å². The molecular weight excluding hydrogens is 712 g/mol. The number of anilines is 1. The molecule has 6 rings (SSSR count). The number of unbranched alkanes of at least 4 members (excludes halogenated alkanes) is 3. The van der Waals surface area contributed by atoms with Crippen LogP contribution in [0.4, 0.5) is 5.69 Å². The Bertz CT molecular complexity index is 1710. The molecule has 300 valence electrons. The molecule has 1 saturated heterocycles. The maximum absolute atomic E-state index is 13.0. The Balaban J connectivity index is 0.783. The average Bonchev–Trinajstić information content (AvgIpc) is 3.51. The smallest absolute Gasteiger partial charge is 0.246 e. The number of nitrogen functional groups attached to an aromatic ring is 1. The second-order valence-corrected chi connectivity index (χ2v) is 14.9. The molecular formula is C39H54N6O10. The third kappa shape index (κ3) is 8.93. The van der Waals surface area contributed by atoms with Gasteiger partial charge in [0, 0.05) is 36.4 Å². The number of aromatic hydroxyl groups is 1. The van der Waals surface area contributed by atoms with Gasteiger partial charge in [-0.15, -0.1) is 0 Å². The molecule has 2 heterocycles. The van der Waals surface area contributed by atoms with Gasteiger partial charge >= 0.3 is 0 Å². The predicted molar refractivity (Wildman–Crippen MR) is 201 cm³/mol. The number of benzene rings is 2. The number of likely N-dealkylation sites (N-methyl/N-ethyl adjacent to an activating group) is 1. The monoisotopic (exact) mass is 766 g/mol. The van der Waals surface area contributed by atoms with Crippen LogP contribution in [0.3, 0.4) is 0 Å². The zero-order valence-electron chi connectivity index (χ0n) is 31.4. The average molecular weight is 767 g/mol. The van der Waals surface area contributed by atoms with Crippen molar-refractivity contribution in [3.63, 3.8) is 0 Å². The van der Waals surface area contributed by atoms with E-state index in [0.29, 0.717) is 56.0 Å². The topological polar surface area (TPSA) is 223 Å². The molecule has 2 aromatic rings. The van der Waals surface area contributed by atoms with Crippen molar-refractivity contribution in [2.75, 3.05) is 72.0 Å². The second kappa shape index (κ2) is 17.9. The summed E-state index contributed by atoms with van der Waals surface area (Å²) in [5.74, 6) is -0.273. The number of piperidine rings is 1. The Hall–Kier alpha value is -4.64. The zero-order chi connectivity index (χ0) is 39.0. The molecule has 4 aliphatic rings. The molecule has 2 fully saturated rings. The van der Waals surface area contributed by atoms with E-state index in [1.807, 2.05) is 13.1 Å². The number of carbonyl (C=O) groups is 4. The number of nitrogens with one attached hydrogen (secondary N) is 4. The number of rotatable bonds is 20. The van der Waals surface area contributed by atoms with Gasteiger partial charge in [-0.05, 0) is 75.9 Å². The molecule has 8 N–H and O–H groups in total. The molecule has 2 bridgehead atoms. The van der Waals surface area contributed by atoms with Crippen LogP contribution in [0.5, 0.6) is 17.2 Å². The minimum absolute atomic E-state index is 0.0440. The maximum atomic E-state index is 13.0. The minimum atomic E-state index is -1.04. The summed E-state index contributed by atoms with van der Waals surface area (Å²) < 4.78 is 22.5. The van der Waals surface area contributed by atoms with Gasteiger partial charge in [0.1, 0.15) is 44.9 Å². The summed E-state index contributed by atoms with van der Waals surface area (Å²) in [6, 6.07) is 10.1. The van der Waals surface area contributed by atoms with E-state index in [1.165, 1.54) is 0 Å². The van der Waals surface area contributed by atoms with Crippen LogP contribution in [0, 0.1) is 0 Å². The third-order valence-corrected chi connectivity index (χ3v) is 11.3. The fourth-order valence-corrected chi connectivity index (χ4v) is 8.80. The van der Waals surface area contributed by atoms with Gasteiger partial charge in [0.15, 0.2) is 11.5 Å². The lowest BCUT2D eigenvalue weighted by molar-refractivity contribution is -0.187. The summed E-state index contributed by atoms with van der Waals surface area (Å²) in [7, 11) is 2.04. The lowest BCUT2D eigenvalue weighted by Crippen LogP contribution is -2.77. The van der Waals surface area contributed by atoms with Crippen molar-refractivity contribution in [3.05, 3.63) is 47.5 Å². The zero-order valence-corrected chi connectivity index (χ0v) is 31.4. The van der Waals surface area contributed by atoms with Gasteiger partial charge in [-0.25, -0.2) is 0 Å². The first-order valence-corrected chi connectivity index (χ1v) is 19.2. The number of hydrogen-bond acceptors (Lipinski definition) is 12. The highest BCUT2D eigenvalue weighted by Crippen LogP contribution is 2.65. The van der Waals surface area contributed by atoms with Gasteiger partial charge in [0.25, 0.3) is 0 Å². The van der Waals surface area contributed by atoms with Crippen LogP contribution in [0.15, 0.2) is 36.4 Å². The molecule has 0 radical (unpaired) electrons. The lowest BCUT2D eigenvalue weighted by Gasteiger charge is -2.63. The highest BCUT2D eigenvalue weighted by atomic mass is 16.5. The summed E-state index contributed by atoms with van der Waals surface area (Å²) in [4.78, 5) is 51.4. The van der Waals surface area contributed by atoms with Crippen molar-refractivity contribution in [3.8, 4) is 17.2 Å². The summed E-state index contributed by atoms with van der Waals surface area (Å²) in [6.07, 6.45) is 4.98. The summed E-state index contributed by atoms with van der Waals surface area (Å²) in [6.45, 7) is 1.25. The summed E-state index contributed by atoms with van der Waals surface area (Å²) in [5, 5.41) is 34.2. The number of ether oxygens (including phenoxy) is 4. The van der Waals surface area contributed by atoms with Gasteiger partial charge in [0.05, 0.1) is 23.6 Å². The number of nitrogens with zero attached hydrogens (tertiary/aromatic N) is 1. The number of hydrogen-bond donors (Lipinski definition) is 7. The standard InChI is InChI=1S/C39H54N6O10/c1-45-17-13-38-35-25-9-10-29(46)36(35)55-37(38)28(11-12-39(38,51)30(45)19-25)44-34(50)24-53-22-32(48)42-15-5-3-2-4-14-41-31(47)21-52-23-33(49)43-16-18-54-27-8-6-7-26(40)20-27/h6-10,20,28,30,37,46,51H,2-5,11-19,21-24,40H2,1H3,(H,41,47)(H,42,48)(H,43,49)(H,44,50)/t28-,30+,37-,38-,39+/m0/s1. The molecule has 1 spiro atoms. The molecule has 0 aromatic heterocycles. The van der Waals surface area contributed by atoms with Crippen LogP contribution in [-0.2, 0) is 40.5 Å². The highest BCUT2D eigenvalue weighted by Gasteiger charge is 2.72. The van der Waals surface area contributed by atoms with Gasteiger partial charge in [-0.2, -0.15) is 0 Å². The first-order chi connectivity index (χ1) is 26.5. The largest absolute Gasteiger partial charge is 0.504 e. The Labute approximate surface area is 320 Å². The van der Waals surface area contributed by atoms with Crippen LogP contribution in [0.1, 0.15) is 56.1 Å². The van der Waals surface area contributed by atoms with E-state index in [2.05, 4.69) is 26.2 Å². The summed E-state index contributed by atoms with van der Waals surface area (Å²) >= 11 is 0. The Morgan fingerprint density at radius 3 is 2.22 bits per heavy atom. The van der Waals surface area contributed by atoms with Gasteiger partial charge in [-0.1, -0.05) is 25.0 Å². The Morgan fingerprint density at radius 1 is 0.891 bits per heavy atom. The van der Waals surface area contributed by atoms with Crippen LogP contribution < -0.4 is 36.5 Å². The third-order valence-electron chi connectivity index (χ3n) is 11.3. The molecule has 16 nitrogen and oxygen atoms in total. The van der Waals surface area contributed by atoms with E-state index >= 15 is 0 Å². The van der Waals surface area contributed by atoms with E-state index in [0.717, 1.165) is 43.4 Å². The molecule has 4 amide bonds. The number of aliphatic hydroxyl groups is 1. The number of amides is 4. The maximum Gasteiger partial charge on any atom is 0.246 e. The highest BCUT2D eigenvalue weighted by molar-refractivity contribution is 5.80. The molecule has 0 unspecified atom stereocenters. The van der Waals surface area contributed by atoms with E-state index in [9.17, 15) is 29.4 Å². The van der Waals surface area contributed by atoms with E-state index in [-0.39, 0.29) is 75.0 Å². The van der Waals surface area contributed by atoms with Gasteiger partial charge < -0.3 is 61.1 Å². The number of phenols is 1. The fraction of sp³-hybridized carbons (Fsp3) is 0.590. The van der Waals surface area contributed by atoms with Crippen LogP contribution in [0.2, 0.25) is 0 Å². The van der Waals surface area contributed by atoms with Crippen molar-refractivity contribution >= 4 is 29.3 Å². The quantitative estimate of drug-likeness (QED) is 0.0713. The SMILES string of the molecule is CN1CC[C@]23c4c5ccc(O)c4O[C@H]2[C@@H](NC(=O)COCC(=O)NCCCCCCNC(=O)COCC(=O)NCCOc2cccc(N)c2)CC[C@@]3(O)[C@H]1C5. The van der Waals surface area contributed by atoms with Crippen molar-refractivity contribution in [2.45, 2.75) is 80.6 Å². The lowest BCUT2D eigenvalue weighted by atomic mass is 9.48. The second-order valence-electron chi connectivity index (χ2n) is 14.9. The molecule has 1 saturated carbocycles. The predicted octanol–water partition coefficient (Wildman–Crippen LogP) is 0.264. The number of carbonyl (C=O) groups excluding carboxylic acids is 4. The number of phenolic OH excluding ortho intramolecular Hbond substituents is 1. The first kappa shape index (κ1) is 40.0. The fourth-order valence-electron chi connectivity index (χ4n) is 8.80. The number of likely N-dealkylation sites (tertiary alicyclic amines) is 1. The molecule has 2 aliphatic carbocycles. The van der Waals surface area contributed by atoms with Crippen molar-refractivity contribution in [1.29, 1.82) is 0 Å². The Kier molecular flexibility index (Phi) is 13.0. The van der Waals surface area contributed by atoms with Crippen LogP contribution in [0.25, 0.3) is 0 Å².